The van der Waals surface area contributed by atoms with Gasteiger partial charge in [-0.15, -0.1) is 0 Å². The Balaban J connectivity index is 2.30. The van der Waals surface area contributed by atoms with Gasteiger partial charge < -0.3 is 0 Å². The van der Waals surface area contributed by atoms with Crippen LogP contribution in [0.2, 0.25) is 0 Å². The van der Waals surface area contributed by atoms with Gasteiger partial charge in [0.05, 0.1) is 17.3 Å². The monoisotopic (exact) mass is 299 g/mol. The number of carbonyl (C=O) groups excluding carboxylic acids is 1. The molecule has 19 heavy (non-hydrogen) atoms. The molecule has 0 aliphatic carbocycles. The van der Waals surface area contributed by atoms with Crippen molar-refractivity contribution >= 4 is 38.4 Å². The summed E-state index contributed by atoms with van der Waals surface area (Å²) in [5, 5.41) is 7.09. The summed E-state index contributed by atoms with van der Waals surface area (Å²) in [5.41, 5.74) is 0.665. The van der Waals surface area contributed by atoms with Crippen LogP contribution in [0.15, 0.2) is 36.0 Å². The number of para-hydroxylation sites is 1. The summed E-state index contributed by atoms with van der Waals surface area (Å²) in [6.45, 7) is 3.28. The number of carbonyl (C=O) groups is 1. The van der Waals surface area contributed by atoms with Crippen LogP contribution in [0.3, 0.4) is 0 Å². The molecule has 8 heteroatoms. The van der Waals surface area contributed by atoms with Crippen molar-refractivity contribution in [3.05, 3.63) is 41.6 Å². The summed E-state index contributed by atoms with van der Waals surface area (Å²) in [6, 6.07) is 4.89. The standard InChI is InChI=1S/C11H10ClN3O3S/c1-7(12)6-19(17,18)15-11(16)9-4-2-3-8-5-13-14-10(8)9/h2-5H,1,6H2,(H,13,14)(H,15,16). The van der Waals surface area contributed by atoms with Crippen molar-refractivity contribution in [2.75, 3.05) is 5.75 Å². The molecule has 0 fully saturated rings. The fourth-order valence-corrected chi connectivity index (χ4v) is 2.90. The number of rotatable bonds is 4. The average Bonchev–Trinajstić information content (AvgIpc) is 2.73. The van der Waals surface area contributed by atoms with Crippen molar-refractivity contribution in [1.82, 2.24) is 14.9 Å². The van der Waals surface area contributed by atoms with Crippen LogP contribution in [0.4, 0.5) is 0 Å². The molecular weight excluding hydrogens is 290 g/mol. The molecule has 0 unspecified atom stereocenters. The van der Waals surface area contributed by atoms with Gasteiger partial charge in [-0.2, -0.15) is 5.10 Å². The summed E-state index contributed by atoms with van der Waals surface area (Å²) in [6.07, 6.45) is 1.54. The van der Waals surface area contributed by atoms with Gasteiger partial charge in [-0.05, 0) is 6.07 Å². The number of sulfonamides is 1. The molecule has 0 spiro atoms. The third-order valence-corrected chi connectivity index (χ3v) is 3.83. The normalized spacial score (nSPS) is 11.4. The van der Waals surface area contributed by atoms with Crippen LogP contribution in [0.5, 0.6) is 0 Å². The van der Waals surface area contributed by atoms with E-state index in [2.05, 4.69) is 16.8 Å². The van der Waals surface area contributed by atoms with Crippen LogP contribution in [-0.2, 0) is 10.0 Å². The Kier molecular flexibility index (Phi) is 3.59. The molecule has 1 amide bonds. The van der Waals surface area contributed by atoms with E-state index in [4.69, 9.17) is 11.6 Å². The third-order valence-electron chi connectivity index (χ3n) is 2.32. The smallest absolute Gasteiger partial charge is 0.266 e. The summed E-state index contributed by atoms with van der Waals surface area (Å²) < 4.78 is 25.1. The van der Waals surface area contributed by atoms with Crippen molar-refractivity contribution in [2.45, 2.75) is 0 Å². The number of benzene rings is 1. The van der Waals surface area contributed by atoms with Crippen LogP contribution in [0.1, 0.15) is 10.4 Å². The average molecular weight is 300 g/mol. The van der Waals surface area contributed by atoms with E-state index in [1.54, 1.807) is 18.3 Å². The van der Waals surface area contributed by atoms with Gasteiger partial charge in [0, 0.05) is 10.4 Å². The van der Waals surface area contributed by atoms with Crippen molar-refractivity contribution in [1.29, 1.82) is 0 Å². The zero-order valence-corrected chi connectivity index (χ0v) is 11.3. The Bertz CT molecular complexity index is 751. The second-order valence-corrected chi connectivity index (χ2v) is 6.10. The first kappa shape index (κ1) is 13.6. The quantitative estimate of drug-likeness (QED) is 0.892. The molecule has 1 aromatic carbocycles. The molecule has 1 heterocycles. The summed E-state index contributed by atoms with van der Waals surface area (Å²) in [7, 11) is -3.85. The highest BCUT2D eigenvalue weighted by atomic mass is 35.5. The van der Waals surface area contributed by atoms with Gasteiger partial charge in [0.25, 0.3) is 5.91 Å². The number of fused-ring (bicyclic) bond motifs is 1. The molecule has 0 bridgehead atoms. The minimum absolute atomic E-state index is 0.0694. The first-order valence-corrected chi connectivity index (χ1v) is 7.22. The number of aromatic nitrogens is 2. The molecule has 2 N–H and O–H groups in total. The number of nitrogens with zero attached hydrogens (tertiary/aromatic N) is 1. The number of H-pyrrole nitrogens is 1. The third kappa shape index (κ3) is 3.12. The largest absolute Gasteiger partial charge is 0.277 e. The Hall–Kier alpha value is -1.86. The molecular formula is C11H10ClN3O3S. The molecule has 0 saturated heterocycles. The molecule has 0 aliphatic heterocycles. The number of nitrogens with one attached hydrogen (secondary N) is 2. The summed E-state index contributed by atoms with van der Waals surface area (Å²) in [4.78, 5) is 11.9. The number of hydrogen-bond acceptors (Lipinski definition) is 4. The van der Waals surface area contributed by atoms with Crippen molar-refractivity contribution in [2.24, 2.45) is 0 Å². The fraction of sp³-hybridized carbons (Fsp3) is 0.0909. The first-order chi connectivity index (χ1) is 8.89. The highest BCUT2D eigenvalue weighted by Gasteiger charge is 2.18. The Labute approximate surface area is 114 Å². The highest BCUT2D eigenvalue weighted by Crippen LogP contribution is 2.15. The van der Waals surface area contributed by atoms with E-state index in [-0.39, 0.29) is 10.6 Å². The van der Waals surface area contributed by atoms with Crippen molar-refractivity contribution in [3.63, 3.8) is 0 Å². The van der Waals surface area contributed by atoms with Gasteiger partial charge in [0.1, 0.15) is 5.75 Å². The molecule has 0 atom stereocenters. The summed E-state index contributed by atoms with van der Waals surface area (Å²) in [5.74, 6) is -1.26. The number of halogens is 1. The molecule has 0 aliphatic rings. The fourth-order valence-electron chi connectivity index (χ4n) is 1.60. The zero-order chi connectivity index (χ0) is 14.0. The number of hydrogen-bond donors (Lipinski definition) is 2. The molecule has 6 nitrogen and oxygen atoms in total. The molecule has 2 aromatic rings. The van der Waals surface area contributed by atoms with Crippen molar-refractivity contribution < 1.29 is 13.2 Å². The molecule has 2 rings (SSSR count). The first-order valence-electron chi connectivity index (χ1n) is 5.19. The van der Waals surface area contributed by atoms with Crippen LogP contribution >= 0.6 is 11.6 Å². The molecule has 1 aromatic heterocycles. The van der Waals surface area contributed by atoms with E-state index in [1.165, 1.54) is 6.07 Å². The van der Waals surface area contributed by atoms with Crippen molar-refractivity contribution in [3.8, 4) is 0 Å². The van der Waals surface area contributed by atoms with E-state index in [0.29, 0.717) is 10.9 Å². The van der Waals surface area contributed by atoms with E-state index in [1.807, 2.05) is 4.72 Å². The van der Waals surface area contributed by atoms with E-state index >= 15 is 0 Å². The second-order valence-electron chi connectivity index (χ2n) is 3.85. The van der Waals surface area contributed by atoms with Gasteiger partial charge in [0.15, 0.2) is 0 Å². The van der Waals surface area contributed by atoms with E-state index < -0.39 is 21.7 Å². The van der Waals surface area contributed by atoms with Gasteiger partial charge in [0.2, 0.25) is 10.0 Å². The molecule has 100 valence electrons. The van der Waals surface area contributed by atoms with Gasteiger partial charge in [-0.25, -0.2) is 13.1 Å². The Morgan fingerprint density at radius 1 is 1.47 bits per heavy atom. The lowest BCUT2D eigenvalue weighted by Gasteiger charge is -2.06. The molecule has 0 saturated carbocycles. The van der Waals surface area contributed by atoms with Crippen LogP contribution < -0.4 is 4.72 Å². The van der Waals surface area contributed by atoms with Gasteiger partial charge in [-0.3, -0.25) is 9.89 Å². The zero-order valence-electron chi connectivity index (χ0n) is 9.68. The lowest BCUT2D eigenvalue weighted by molar-refractivity contribution is 0.0983. The van der Waals surface area contributed by atoms with Gasteiger partial charge in [-0.1, -0.05) is 30.3 Å². The Morgan fingerprint density at radius 3 is 2.89 bits per heavy atom. The van der Waals surface area contributed by atoms with Gasteiger partial charge >= 0.3 is 0 Å². The lowest BCUT2D eigenvalue weighted by atomic mass is 10.1. The van der Waals surface area contributed by atoms with E-state index in [0.717, 1.165) is 0 Å². The maximum atomic E-state index is 11.9. The van der Waals surface area contributed by atoms with E-state index in [9.17, 15) is 13.2 Å². The van der Waals surface area contributed by atoms with Crippen LogP contribution in [0.25, 0.3) is 10.9 Å². The highest BCUT2D eigenvalue weighted by molar-refractivity contribution is 7.90. The Morgan fingerprint density at radius 2 is 2.21 bits per heavy atom. The lowest BCUT2D eigenvalue weighted by Crippen LogP contribution is -2.32. The predicted octanol–water partition coefficient (Wildman–Crippen LogP) is 1.38. The predicted molar refractivity (Wildman–Crippen MR) is 72.3 cm³/mol. The number of amides is 1. The second kappa shape index (κ2) is 5.02. The van der Waals surface area contributed by atoms with Crippen LogP contribution in [0, 0.1) is 0 Å². The molecule has 0 radical (unpaired) electrons. The number of aromatic amines is 1. The summed E-state index contributed by atoms with van der Waals surface area (Å²) >= 11 is 5.43. The topological polar surface area (TPSA) is 91.9 Å². The maximum absolute atomic E-state index is 11.9. The van der Waals surface area contributed by atoms with Crippen LogP contribution in [-0.4, -0.2) is 30.3 Å². The minimum atomic E-state index is -3.85. The minimum Gasteiger partial charge on any atom is -0.277 e. The SMILES string of the molecule is C=C(Cl)CS(=O)(=O)NC(=O)c1cccc2cn[nH]c12. The maximum Gasteiger partial charge on any atom is 0.266 e.